The van der Waals surface area contributed by atoms with Crippen LogP contribution in [-0.2, 0) is 16.4 Å². The van der Waals surface area contributed by atoms with Crippen molar-refractivity contribution in [1.29, 1.82) is 0 Å². The van der Waals surface area contributed by atoms with E-state index in [1.165, 1.54) is 0 Å². The number of guanidine groups is 1. The first-order valence-electron chi connectivity index (χ1n) is 13.0. The van der Waals surface area contributed by atoms with Crippen LogP contribution in [0.5, 0.6) is 0 Å². The minimum absolute atomic E-state index is 0.105. The number of hydrogen-bond acceptors (Lipinski definition) is 7. The Morgan fingerprint density at radius 2 is 1.85 bits per heavy atom. The summed E-state index contributed by atoms with van der Waals surface area (Å²) >= 11 is 0. The van der Waals surface area contributed by atoms with Gasteiger partial charge in [0.05, 0.1) is 15.8 Å². The van der Waals surface area contributed by atoms with Crippen LogP contribution in [0.1, 0.15) is 24.0 Å². The molecule has 0 spiro atoms. The Morgan fingerprint density at radius 1 is 1.08 bits per heavy atom. The molecule has 11 nitrogen and oxygen atoms in total. The maximum absolute atomic E-state index is 12.9. The Balaban J connectivity index is 1.22. The molecule has 2 aromatic carbocycles. The van der Waals surface area contributed by atoms with Crippen LogP contribution in [0, 0.1) is 0 Å². The van der Waals surface area contributed by atoms with Gasteiger partial charge in [-0.05, 0) is 67.4 Å². The van der Waals surface area contributed by atoms with Gasteiger partial charge in [0.15, 0.2) is 15.8 Å². The van der Waals surface area contributed by atoms with Crippen molar-refractivity contribution in [3.05, 3.63) is 77.5 Å². The normalized spacial score (nSPS) is 20.5. The first kappa shape index (κ1) is 26.7. The Morgan fingerprint density at radius 3 is 2.54 bits per heavy atom. The minimum atomic E-state index is -3.35. The number of hydrogen-bond donors (Lipinski definition) is 6. The molecule has 8 N–H and O–H groups in total. The molecule has 1 fully saturated rings. The number of fused-ring (bicyclic) bond motifs is 1. The molecule has 206 valence electrons. The fraction of sp³-hybridized carbons (Fsp3) is 0.333. The maximum Gasteiger partial charge on any atom is 0.327 e. The molecule has 1 unspecified atom stereocenters. The van der Waals surface area contributed by atoms with Gasteiger partial charge in [-0.15, -0.1) is 0 Å². The predicted octanol–water partition coefficient (Wildman–Crippen LogP) is 0.959. The quantitative estimate of drug-likeness (QED) is 0.145. The zero-order valence-electron chi connectivity index (χ0n) is 21.6. The Kier molecular flexibility index (Phi) is 7.87. The van der Waals surface area contributed by atoms with Crippen molar-refractivity contribution >= 4 is 33.2 Å². The number of anilines is 1. The summed E-state index contributed by atoms with van der Waals surface area (Å²) in [5.74, 6) is 0.105. The lowest BCUT2D eigenvalue weighted by atomic mass is 10.1. The van der Waals surface area contributed by atoms with Gasteiger partial charge in [0, 0.05) is 37.1 Å². The molecule has 3 aliphatic heterocycles. The van der Waals surface area contributed by atoms with E-state index in [1.54, 1.807) is 29.2 Å². The SMILES string of the molecule is NC(N)=NCCCNCc1ccc(N2C=C3C=C(c4ccc(S(=O)(=O)[C@H]5CCNC5)cc4)NC3NC2=O)cc1. The van der Waals surface area contributed by atoms with Gasteiger partial charge in [0.1, 0.15) is 6.17 Å². The molecule has 3 aliphatic rings. The van der Waals surface area contributed by atoms with Crippen molar-refractivity contribution in [2.24, 2.45) is 16.5 Å². The average molecular weight is 551 g/mol. The highest BCUT2D eigenvalue weighted by molar-refractivity contribution is 7.92. The van der Waals surface area contributed by atoms with Crippen LogP contribution in [0.15, 0.2) is 76.3 Å². The molecule has 12 heteroatoms. The predicted molar refractivity (Wildman–Crippen MR) is 152 cm³/mol. The number of amides is 2. The zero-order valence-corrected chi connectivity index (χ0v) is 22.4. The van der Waals surface area contributed by atoms with Crippen LogP contribution in [0.25, 0.3) is 5.70 Å². The van der Waals surface area contributed by atoms with E-state index in [-0.39, 0.29) is 23.4 Å². The van der Waals surface area contributed by atoms with Gasteiger partial charge in [-0.3, -0.25) is 9.89 Å². The second-order valence-corrected chi connectivity index (χ2v) is 12.0. The molecule has 0 aromatic heterocycles. The van der Waals surface area contributed by atoms with Crippen LogP contribution in [0.4, 0.5) is 10.5 Å². The molecule has 3 heterocycles. The highest BCUT2D eigenvalue weighted by Gasteiger charge is 2.32. The fourth-order valence-corrected chi connectivity index (χ4v) is 6.52. The number of carbonyl (C=O) groups is 1. The van der Waals surface area contributed by atoms with Crippen LogP contribution in [0.2, 0.25) is 0 Å². The van der Waals surface area contributed by atoms with Crippen molar-refractivity contribution in [2.45, 2.75) is 35.7 Å². The Hall–Kier alpha value is -3.87. The molecule has 2 amide bonds. The number of aliphatic imine (C=N–C) groups is 1. The minimum Gasteiger partial charge on any atom is -0.370 e. The largest absolute Gasteiger partial charge is 0.370 e. The van der Waals surface area contributed by atoms with Gasteiger partial charge < -0.3 is 32.7 Å². The summed E-state index contributed by atoms with van der Waals surface area (Å²) in [6.45, 7) is 3.29. The second-order valence-electron chi connectivity index (χ2n) is 9.77. The van der Waals surface area contributed by atoms with Crippen LogP contribution >= 0.6 is 0 Å². The molecule has 0 aliphatic carbocycles. The average Bonchev–Trinajstić information content (AvgIpc) is 3.61. The van der Waals surface area contributed by atoms with Crippen LogP contribution in [0.3, 0.4) is 0 Å². The van der Waals surface area contributed by atoms with Crippen molar-refractivity contribution in [2.75, 3.05) is 31.1 Å². The number of benzene rings is 2. The van der Waals surface area contributed by atoms with E-state index in [0.717, 1.165) is 47.6 Å². The Labute approximate surface area is 228 Å². The van der Waals surface area contributed by atoms with E-state index < -0.39 is 9.84 Å². The summed E-state index contributed by atoms with van der Waals surface area (Å²) in [5.41, 5.74) is 15.1. The molecule has 2 aromatic rings. The van der Waals surface area contributed by atoms with Crippen molar-refractivity contribution < 1.29 is 13.2 Å². The number of sulfone groups is 1. The number of nitrogens with zero attached hydrogens (tertiary/aromatic N) is 2. The third-order valence-electron chi connectivity index (χ3n) is 7.01. The van der Waals surface area contributed by atoms with Gasteiger partial charge in [-0.25, -0.2) is 13.2 Å². The lowest BCUT2D eigenvalue weighted by Crippen LogP contribution is -2.51. The Bertz CT molecular complexity index is 1390. The van der Waals surface area contributed by atoms with Crippen molar-refractivity contribution in [3.8, 4) is 0 Å². The summed E-state index contributed by atoms with van der Waals surface area (Å²) in [7, 11) is -3.35. The van der Waals surface area contributed by atoms with E-state index in [4.69, 9.17) is 11.5 Å². The molecule has 2 atom stereocenters. The van der Waals surface area contributed by atoms with Gasteiger partial charge in [-0.1, -0.05) is 24.3 Å². The first-order chi connectivity index (χ1) is 18.8. The summed E-state index contributed by atoms with van der Waals surface area (Å²) < 4.78 is 25.7. The van der Waals surface area contributed by atoms with Crippen LogP contribution in [-0.4, -0.2) is 58.0 Å². The molecule has 0 saturated carbocycles. The fourth-order valence-electron chi connectivity index (χ4n) is 4.85. The van der Waals surface area contributed by atoms with Gasteiger partial charge in [0.25, 0.3) is 0 Å². The van der Waals surface area contributed by atoms with Gasteiger partial charge >= 0.3 is 6.03 Å². The molecule has 1 saturated heterocycles. The van der Waals surface area contributed by atoms with E-state index in [9.17, 15) is 13.2 Å². The smallest absolute Gasteiger partial charge is 0.327 e. The summed E-state index contributed by atoms with van der Waals surface area (Å²) in [5, 5.41) is 12.4. The third kappa shape index (κ3) is 6.08. The highest BCUT2D eigenvalue weighted by atomic mass is 32.2. The lowest BCUT2D eigenvalue weighted by molar-refractivity contribution is 0.244. The molecule has 39 heavy (non-hydrogen) atoms. The summed E-state index contributed by atoms with van der Waals surface area (Å²) in [4.78, 5) is 18.7. The van der Waals surface area contributed by atoms with E-state index in [2.05, 4.69) is 26.3 Å². The molecular formula is C27H34N8O3S. The van der Waals surface area contributed by atoms with E-state index in [0.29, 0.717) is 31.0 Å². The molecule has 0 bridgehead atoms. The number of nitrogens with two attached hydrogens (primary N) is 2. The lowest BCUT2D eigenvalue weighted by Gasteiger charge is -2.29. The zero-order chi connectivity index (χ0) is 27.4. The van der Waals surface area contributed by atoms with Crippen LogP contribution < -0.4 is 37.6 Å². The topological polar surface area (TPSA) is 167 Å². The van der Waals surface area contributed by atoms with Crippen molar-refractivity contribution in [1.82, 2.24) is 21.3 Å². The second kappa shape index (κ2) is 11.5. The highest BCUT2D eigenvalue weighted by Crippen LogP contribution is 2.29. The number of rotatable bonds is 10. The van der Waals surface area contributed by atoms with E-state index in [1.807, 2.05) is 36.5 Å². The number of urea groups is 1. The monoisotopic (exact) mass is 550 g/mol. The molecule has 0 radical (unpaired) electrons. The number of nitrogens with one attached hydrogen (secondary N) is 4. The number of carbonyl (C=O) groups excluding carboxylic acids is 1. The first-order valence-corrected chi connectivity index (χ1v) is 14.6. The summed E-state index contributed by atoms with van der Waals surface area (Å²) in [6.07, 6.45) is 4.92. The summed E-state index contributed by atoms with van der Waals surface area (Å²) in [6, 6.07) is 14.5. The third-order valence-corrected chi connectivity index (χ3v) is 9.22. The van der Waals surface area contributed by atoms with Crippen molar-refractivity contribution in [3.63, 3.8) is 0 Å². The van der Waals surface area contributed by atoms with E-state index >= 15 is 0 Å². The molecule has 5 rings (SSSR count). The maximum atomic E-state index is 12.9. The van der Waals surface area contributed by atoms with Gasteiger partial charge in [0.2, 0.25) is 0 Å². The van der Waals surface area contributed by atoms with Gasteiger partial charge in [-0.2, -0.15) is 0 Å². The molecular weight excluding hydrogens is 516 g/mol. The standard InChI is InChI=1S/C27H34N8O3S/c28-26(29)32-12-1-11-30-15-18-2-6-21(7-3-18)35-17-20-14-24(33-25(20)34-27(35)36)19-4-8-22(9-5-19)39(37,38)23-10-13-31-16-23/h2-9,14,17,23,25,30-31,33H,1,10-13,15-16H2,(H,34,36)(H4,28,29,32)/t23-,25?/m0/s1.